The molecule has 1 heterocycles. The Hall–Kier alpha value is -2.76. The lowest BCUT2D eigenvalue weighted by Crippen LogP contribution is -2.46. The Morgan fingerprint density at radius 1 is 1.14 bits per heavy atom. The van der Waals surface area contributed by atoms with E-state index in [-0.39, 0.29) is 13.2 Å². The van der Waals surface area contributed by atoms with Gasteiger partial charge in [0.2, 0.25) is 0 Å². The lowest BCUT2D eigenvalue weighted by atomic mass is 9.91. The zero-order valence-electron chi connectivity index (χ0n) is 21.3. The molecule has 1 saturated heterocycles. The molecule has 0 aromatic heterocycles. The summed E-state index contributed by atoms with van der Waals surface area (Å²) in [5.74, 6) is -0.877. The molecule has 202 valence electrons. The van der Waals surface area contributed by atoms with Gasteiger partial charge in [-0.25, -0.2) is 4.79 Å². The van der Waals surface area contributed by atoms with Crippen LogP contribution in [0.1, 0.15) is 30.8 Å². The van der Waals surface area contributed by atoms with Gasteiger partial charge in [0.15, 0.2) is 12.4 Å². The first-order valence-electron chi connectivity index (χ1n) is 12.0. The predicted octanol–water partition coefficient (Wildman–Crippen LogP) is 3.79. The van der Waals surface area contributed by atoms with Crippen molar-refractivity contribution in [2.45, 2.75) is 44.6 Å². The van der Waals surface area contributed by atoms with Crippen LogP contribution in [0.2, 0.25) is 0 Å². The van der Waals surface area contributed by atoms with E-state index in [4.69, 9.17) is 27.9 Å². The largest absolute Gasteiger partial charge is 0.497 e. The smallest absolute Gasteiger partial charge is 0.337 e. The van der Waals surface area contributed by atoms with E-state index in [0.717, 1.165) is 23.1 Å². The number of hydrogen-bond acceptors (Lipinski definition) is 9. The van der Waals surface area contributed by atoms with Crippen molar-refractivity contribution in [2.24, 2.45) is 5.92 Å². The predicted molar refractivity (Wildman–Crippen MR) is 136 cm³/mol. The highest BCUT2D eigenvalue weighted by atomic mass is 32.2. The first-order chi connectivity index (χ1) is 17.7. The molecule has 0 amide bonds. The van der Waals surface area contributed by atoms with Crippen molar-refractivity contribution in [2.75, 3.05) is 26.6 Å². The number of esters is 1. The van der Waals surface area contributed by atoms with E-state index in [1.807, 2.05) is 54.6 Å². The molecule has 37 heavy (non-hydrogen) atoms. The molecule has 1 aliphatic heterocycles. The Labute approximate surface area is 218 Å². The Morgan fingerprint density at radius 2 is 1.84 bits per heavy atom. The van der Waals surface area contributed by atoms with Crippen molar-refractivity contribution in [1.29, 1.82) is 0 Å². The maximum Gasteiger partial charge on any atom is 0.337 e. The highest BCUT2D eigenvalue weighted by molar-refractivity contribution is 7.86. The average Bonchev–Trinajstić information content (AvgIpc) is 2.89. The molecule has 9 nitrogen and oxygen atoms in total. The van der Waals surface area contributed by atoms with E-state index in [2.05, 4.69) is 6.58 Å². The third-order valence-corrected chi connectivity index (χ3v) is 6.32. The lowest BCUT2D eigenvalue weighted by Gasteiger charge is -2.39. The Balaban J connectivity index is 1.79. The molecular formula is C27H34O9S. The highest BCUT2D eigenvalue weighted by Crippen LogP contribution is 2.35. The first kappa shape index (κ1) is 28.8. The van der Waals surface area contributed by atoms with E-state index in [0.29, 0.717) is 13.0 Å². The molecule has 0 radical (unpaired) electrons. The zero-order chi connectivity index (χ0) is 26.8. The summed E-state index contributed by atoms with van der Waals surface area (Å²) in [5.41, 5.74) is 1.74. The number of benzene rings is 2. The van der Waals surface area contributed by atoms with Crippen LogP contribution in [0, 0.1) is 5.92 Å². The molecule has 0 spiro atoms. The zero-order valence-corrected chi connectivity index (χ0v) is 22.1. The summed E-state index contributed by atoms with van der Waals surface area (Å²) in [5, 5.41) is 0. The monoisotopic (exact) mass is 534 g/mol. The van der Waals surface area contributed by atoms with Gasteiger partial charge < -0.3 is 23.7 Å². The topological polar surface area (TPSA) is 107 Å². The molecule has 2 aromatic rings. The van der Waals surface area contributed by atoms with Gasteiger partial charge in [-0.2, -0.15) is 8.42 Å². The molecule has 5 atom stereocenters. The van der Waals surface area contributed by atoms with Crippen LogP contribution in [0.3, 0.4) is 0 Å². The molecular weight excluding hydrogens is 500 g/mol. The quantitative estimate of drug-likeness (QED) is 0.215. The first-order valence-corrected chi connectivity index (χ1v) is 13.8. The molecule has 3 rings (SSSR count). The van der Waals surface area contributed by atoms with E-state index >= 15 is 0 Å². The Kier molecular flexibility index (Phi) is 10.7. The fourth-order valence-corrected chi connectivity index (χ4v) is 4.62. The van der Waals surface area contributed by atoms with Gasteiger partial charge in [-0.1, -0.05) is 48.5 Å². The van der Waals surface area contributed by atoms with Crippen molar-refractivity contribution in [1.82, 2.24) is 0 Å². The van der Waals surface area contributed by atoms with Crippen molar-refractivity contribution < 1.29 is 41.1 Å². The second-order valence-corrected chi connectivity index (χ2v) is 10.2. The van der Waals surface area contributed by atoms with E-state index in [1.54, 1.807) is 14.0 Å². The molecule has 0 saturated carbocycles. The van der Waals surface area contributed by atoms with Crippen molar-refractivity contribution >= 4 is 16.1 Å². The normalized spacial score (nSPS) is 21.5. The van der Waals surface area contributed by atoms with Gasteiger partial charge in [-0.3, -0.25) is 4.18 Å². The number of carbonyl (C=O) groups is 1. The van der Waals surface area contributed by atoms with E-state index in [9.17, 15) is 13.2 Å². The average molecular weight is 535 g/mol. The molecule has 10 heteroatoms. The third kappa shape index (κ3) is 8.65. The van der Waals surface area contributed by atoms with E-state index in [1.165, 1.54) is 6.08 Å². The number of methoxy groups -OCH3 is 1. The maximum atomic E-state index is 12.7. The summed E-state index contributed by atoms with van der Waals surface area (Å²) >= 11 is 0. The molecule has 1 fully saturated rings. The summed E-state index contributed by atoms with van der Waals surface area (Å²) in [7, 11) is -2.37. The summed E-state index contributed by atoms with van der Waals surface area (Å²) in [4.78, 5) is 12.7. The van der Waals surface area contributed by atoms with Gasteiger partial charge >= 0.3 is 5.97 Å². The summed E-state index contributed by atoms with van der Waals surface area (Å²) < 4.78 is 57.7. The summed E-state index contributed by atoms with van der Waals surface area (Å²) in [6.07, 6.45) is -0.641. The Bertz CT molecular complexity index is 1100. The van der Waals surface area contributed by atoms with E-state index < -0.39 is 46.6 Å². The van der Waals surface area contributed by atoms with Crippen LogP contribution in [0.4, 0.5) is 0 Å². The van der Waals surface area contributed by atoms with Crippen molar-refractivity contribution in [3.63, 3.8) is 0 Å². The van der Waals surface area contributed by atoms with Crippen LogP contribution >= 0.6 is 0 Å². The lowest BCUT2D eigenvalue weighted by molar-refractivity contribution is -0.267. The minimum atomic E-state index is -3.98. The second-order valence-electron chi connectivity index (χ2n) is 8.56. The molecule has 2 aromatic carbocycles. The van der Waals surface area contributed by atoms with Crippen LogP contribution in [0.25, 0.3) is 0 Å². The Morgan fingerprint density at radius 3 is 2.43 bits per heavy atom. The van der Waals surface area contributed by atoms with Crippen LogP contribution < -0.4 is 4.74 Å². The molecule has 0 unspecified atom stereocenters. The van der Waals surface area contributed by atoms with Crippen LogP contribution in [-0.2, 0) is 44.7 Å². The standard InChI is InChI=1S/C27H34O9S/c1-5-23(25(26(28)33-6-2)36-37(4,29)30)24-16-22(34-27(35-24)20-10-8-7-9-11-20)18-32-17-19-12-14-21(31-3)15-13-19/h5,7-15,22-25,27H,1,6,16-18H2,2-4H3/t22-,23+,24+,25+,27+/m0/s1. The van der Waals surface area contributed by atoms with Gasteiger partial charge in [0.1, 0.15) is 5.75 Å². The summed E-state index contributed by atoms with van der Waals surface area (Å²) in [6, 6.07) is 16.9. The molecule has 0 aliphatic carbocycles. The molecule has 1 aliphatic rings. The van der Waals surface area contributed by atoms with Gasteiger partial charge in [0.25, 0.3) is 10.1 Å². The third-order valence-electron chi connectivity index (χ3n) is 5.76. The SMILES string of the molecule is C=C[C@H]([C@H]1C[C@@H](COCc2ccc(OC)cc2)O[C@@H](c2ccccc2)O1)[C@@H](OS(C)(=O)=O)C(=O)OCC. The molecule has 0 bridgehead atoms. The second kappa shape index (κ2) is 13.7. The van der Waals surface area contributed by atoms with Crippen molar-refractivity contribution in [3.8, 4) is 5.75 Å². The highest BCUT2D eigenvalue weighted by Gasteiger charge is 2.42. The van der Waals surface area contributed by atoms with Gasteiger partial charge in [0.05, 0.1) is 45.4 Å². The fraction of sp³-hybridized carbons (Fsp3) is 0.444. The van der Waals surface area contributed by atoms with Gasteiger partial charge in [-0.05, 0) is 24.6 Å². The number of ether oxygens (including phenoxy) is 5. The maximum absolute atomic E-state index is 12.7. The van der Waals surface area contributed by atoms with Gasteiger partial charge in [0, 0.05) is 17.9 Å². The van der Waals surface area contributed by atoms with Crippen LogP contribution in [0.5, 0.6) is 5.75 Å². The summed E-state index contributed by atoms with van der Waals surface area (Å²) in [6.45, 7) is 6.12. The fourth-order valence-electron chi connectivity index (χ4n) is 4.03. The number of hydrogen-bond donors (Lipinski definition) is 0. The number of rotatable bonds is 13. The van der Waals surface area contributed by atoms with Gasteiger partial charge in [-0.15, -0.1) is 6.58 Å². The van der Waals surface area contributed by atoms with Crippen LogP contribution in [-0.4, -0.2) is 59.3 Å². The number of carbonyl (C=O) groups excluding carboxylic acids is 1. The van der Waals surface area contributed by atoms with Crippen LogP contribution in [0.15, 0.2) is 67.3 Å². The minimum Gasteiger partial charge on any atom is -0.497 e. The van der Waals surface area contributed by atoms with Crippen molar-refractivity contribution in [3.05, 3.63) is 78.4 Å². The molecule has 0 N–H and O–H groups in total. The minimum absolute atomic E-state index is 0.0649.